The predicted octanol–water partition coefficient (Wildman–Crippen LogP) is 5.55. The van der Waals surface area contributed by atoms with Crippen molar-refractivity contribution >= 4 is 34.4 Å². The minimum atomic E-state index is -0.116. The Kier molecular flexibility index (Phi) is 5.57. The van der Waals surface area contributed by atoms with Gasteiger partial charge in [-0.15, -0.1) is 0 Å². The van der Waals surface area contributed by atoms with Crippen LogP contribution in [0.5, 0.6) is 0 Å². The van der Waals surface area contributed by atoms with E-state index in [1.165, 1.54) is 0 Å². The van der Waals surface area contributed by atoms with Gasteiger partial charge in [-0.3, -0.25) is 9.59 Å². The van der Waals surface area contributed by atoms with Gasteiger partial charge < -0.3 is 10.3 Å². The van der Waals surface area contributed by atoms with E-state index in [4.69, 9.17) is 0 Å². The van der Waals surface area contributed by atoms with Crippen LogP contribution >= 0.6 is 0 Å². The number of H-pyrrole nitrogens is 1. The lowest BCUT2D eigenvalue weighted by Crippen LogP contribution is -2.14. The largest absolute Gasteiger partial charge is 0.361 e. The first-order valence-electron chi connectivity index (χ1n) is 9.82. The van der Waals surface area contributed by atoms with E-state index in [1.54, 1.807) is 30.3 Å². The number of carbonyl (C=O) groups excluding carboxylic acids is 2. The maximum Gasteiger partial charge on any atom is 0.228 e. The van der Waals surface area contributed by atoms with E-state index in [-0.39, 0.29) is 11.7 Å². The van der Waals surface area contributed by atoms with Crippen LogP contribution in [-0.2, 0) is 11.2 Å². The van der Waals surface area contributed by atoms with Gasteiger partial charge in [0.15, 0.2) is 5.78 Å². The monoisotopic (exact) mass is 394 g/mol. The normalized spacial score (nSPS) is 11.1. The van der Waals surface area contributed by atoms with Crippen molar-refractivity contribution in [2.24, 2.45) is 0 Å². The Morgan fingerprint density at radius 2 is 1.80 bits per heavy atom. The molecule has 4 heteroatoms. The molecule has 0 aliphatic carbocycles. The lowest BCUT2D eigenvalue weighted by Gasteiger charge is -2.07. The lowest BCUT2D eigenvalue weighted by atomic mass is 10.1. The summed E-state index contributed by atoms with van der Waals surface area (Å²) in [6.45, 7) is 2.00. The Bertz CT molecular complexity index is 1250. The maximum atomic E-state index is 12.6. The summed E-state index contributed by atoms with van der Waals surface area (Å²) >= 11 is 0. The second kappa shape index (κ2) is 8.62. The van der Waals surface area contributed by atoms with Crippen LogP contribution in [0.1, 0.15) is 27.0 Å². The van der Waals surface area contributed by atoms with Gasteiger partial charge in [0.05, 0.1) is 6.42 Å². The van der Waals surface area contributed by atoms with E-state index in [0.717, 1.165) is 27.6 Å². The van der Waals surface area contributed by atoms with E-state index in [9.17, 15) is 9.59 Å². The molecule has 30 heavy (non-hydrogen) atoms. The van der Waals surface area contributed by atoms with Crippen molar-refractivity contribution in [1.29, 1.82) is 0 Å². The number of ketones is 1. The van der Waals surface area contributed by atoms with E-state index in [1.807, 2.05) is 67.7 Å². The van der Waals surface area contributed by atoms with Crippen LogP contribution in [0.4, 0.5) is 5.69 Å². The van der Waals surface area contributed by atoms with Gasteiger partial charge in [0, 0.05) is 28.4 Å². The highest BCUT2D eigenvalue weighted by molar-refractivity contribution is 6.08. The minimum Gasteiger partial charge on any atom is -0.361 e. The van der Waals surface area contributed by atoms with Gasteiger partial charge >= 0.3 is 0 Å². The van der Waals surface area contributed by atoms with Gasteiger partial charge in [0.25, 0.3) is 0 Å². The van der Waals surface area contributed by atoms with Crippen LogP contribution in [0.25, 0.3) is 17.0 Å². The van der Waals surface area contributed by atoms with Crippen molar-refractivity contribution < 1.29 is 9.59 Å². The second-order valence-electron chi connectivity index (χ2n) is 7.28. The molecule has 0 spiro atoms. The highest BCUT2D eigenvalue weighted by atomic mass is 16.1. The summed E-state index contributed by atoms with van der Waals surface area (Å²) in [6.07, 6.45) is 5.55. The van der Waals surface area contributed by atoms with Crippen molar-refractivity contribution in [2.45, 2.75) is 13.3 Å². The first kappa shape index (κ1) is 19.4. The number of anilines is 1. The van der Waals surface area contributed by atoms with E-state index < -0.39 is 0 Å². The van der Waals surface area contributed by atoms with Crippen molar-refractivity contribution in [1.82, 2.24) is 4.98 Å². The number of nitrogens with one attached hydrogen (secondary N) is 2. The molecule has 0 saturated heterocycles. The molecule has 1 heterocycles. The zero-order chi connectivity index (χ0) is 20.9. The molecule has 4 nitrogen and oxygen atoms in total. The van der Waals surface area contributed by atoms with Crippen LogP contribution in [-0.4, -0.2) is 16.7 Å². The number of hydrogen-bond acceptors (Lipinski definition) is 2. The summed E-state index contributed by atoms with van der Waals surface area (Å²) in [5, 5.41) is 3.95. The molecule has 1 aromatic heterocycles. The van der Waals surface area contributed by atoms with Crippen LogP contribution < -0.4 is 5.32 Å². The summed E-state index contributed by atoms with van der Waals surface area (Å²) < 4.78 is 0. The molecule has 2 N–H and O–H groups in total. The third kappa shape index (κ3) is 4.55. The Morgan fingerprint density at radius 1 is 0.967 bits per heavy atom. The van der Waals surface area contributed by atoms with E-state index >= 15 is 0 Å². The smallest absolute Gasteiger partial charge is 0.228 e. The third-order valence-corrected chi connectivity index (χ3v) is 4.91. The molecule has 0 unspecified atom stereocenters. The van der Waals surface area contributed by atoms with Gasteiger partial charge in [-0.05, 0) is 48.4 Å². The molecule has 0 fully saturated rings. The van der Waals surface area contributed by atoms with Crippen molar-refractivity contribution in [3.63, 3.8) is 0 Å². The number of benzene rings is 3. The molecule has 0 atom stereocenters. The zero-order valence-corrected chi connectivity index (χ0v) is 16.7. The number of fused-ring (bicyclic) bond motifs is 1. The van der Waals surface area contributed by atoms with Gasteiger partial charge in [-0.1, -0.05) is 60.2 Å². The number of allylic oxidation sites excluding steroid dienone is 1. The van der Waals surface area contributed by atoms with Gasteiger partial charge in [0.1, 0.15) is 0 Å². The molecule has 0 aliphatic heterocycles. The minimum absolute atomic E-state index is 0.112. The Hall–Kier alpha value is -3.92. The number of para-hydroxylation sites is 1. The van der Waals surface area contributed by atoms with Crippen LogP contribution in [0.15, 0.2) is 85.1 Å². The quantitative estimate of drug-likeness (QED) is 0.332. The second-order valence-corrected chi connectivity index (χ2v) is 7.28. The number of amides is 1. The van der Waals surface area contributed by atoms with Crippen molar-refractivity contribution in [3.05, 3.63) is 107 Å². The number of aryl methyl sites for hydroxylation is 1. The average molecular weight is 394 g/mol. The summed E-state index contributed by atoms with van der Waals surface area (Å²) in [5.74, 6) is -0.227. The first-order valence-corrected chi connectivity index (χ1v) is 9.82. The van der Waals surface area contributed by atoms with Crippen LogP contribution in [0, 0.1) is 6.92 Å². The van der Waals surface area contributed by atoms with E-state index in [2.05, 4.69) is 10.3 Å². The number of aromatic amines is 1. The molecule has 0 bridgehead atoms. The van der Waals surface area contributed by atoms with Crippen LogP contribution in [0.3, 0.4) is 0 Å². The molecule has 4 aromatic rings. The topological polar surface area (TPSA) is 62.0 Å². The molecule has 0 aliphatic rings. The highest BCUT2D eigenvalue weighted by Gasteiger charge is 2.08. The van der Waals surface area contributed by atoms with E-state index in [0.29, 0.717) is 17.7 Å². The SMILES string of the molecule is Cc1cccc(CC(=O)Nc2cccc(C(=O)/C=C/c3c[nH]c4ccccc34)c2)c1. The molecule has 4 rings (SSSR count). The zero-order valence-electron chi connectivity index (χ0n) is 16.7. The van der Waals surface area contributed by atoms with Crippen molar-refractivity contribution in [3.8, 4) is 0 Å². The standard InChI is InChI=1S/C26H22N2O2/c1-18-6-4-7-19(14-18)15-26(30)28-22-9-5-8-20(16-22)25(29)13-12-21-17-27-24-11-3-2-10-23(21)24/h2-14,16-17,27H,15H2,1H3,(H,28,30)/b13-12+. The van der Waals surface area contributed by atoms with Gasteiger partial charge in [-0.25, -0.2) is 0 Å². The summed E-state index contributed by atoms with van der Waals surface area (Å²) in [7, 11) is 0. The average Bonchev–Trinajstić information content (AvgIpc) is 3.15. The number of hydrogen-bond donors (Lipinski definition) is 2. The fraction of sp³-hybridized carbons (Fsp3) is 0.0769. The molecule has 3 aromatic carbocycles. The van der Waals surface area contributed by atoms with Crippen LogP contribution in [0.2, 0.25) is 0 Å². The van der Waals surface area contributed by atoms with Crippen molar-refractivity contribution in [2.75, 3.05) is 5.32 Å². The van der Waals surface area contributed by atoms with Gasteiger partial charge in [-0.2, -0.15) is 0 Å². The molecular formula is C26H22N2O2. The summed E-state index contributed by atoms with van der Waals surface area (Å²) in [6, 6.07) is 22.8. The summed E-state index contributed by atoms with van der Waals surface area (Å²) in [5.41, 5.74) is 5.21. The Balaban J connectivity index is 1.44. The maximum absolute atomic E-state index is 12.6. The number of rotatable bonds is 6. The molecule has 148 valence electrons. The lowest BCUT2D eigenvalue weighted by molar-refractivity contribution is -0.115. The molecule has 0 radical (unpaired) electrons. The molecule has 0 saturated carbocycles. The molecule has 1 amide bonds. The third-order valence-electron chi connectivity index (χ3n) is 4.91. The molecular weight excluding hydrogens is 372 g/mol. The Labute approximate surface area is 175 Å². The fourth-order valence-corrected chi connectivity index (χ4v) is 3.46. The summed E-state index contributed by atoms with van der Waals surface area (Å²) in [4.78, 5) is 28.2. The number of carbonyl (C=O) groups is 2. The number of aromatic nitrogens is 1. The highest BCUT2D eigenvalue weighted by Crippen LogP contribution is 2.19. The van der Waals surface area contributed by atoms with Gasteiger partial charge in [0.2, 0.25) is 5.91 Å². The predicted molar refractivity (Wildman–Crippen MR) is 122 cm³/mol. The fourth-order valence-electron chi connectivity index (χ4n) is 3.46. The first-order chi connectivity index (χ1) is 14.6. The Morgan fingerprint density at radius 3 is 2.67 bits per heavy atom.